The number of ether oxygens (including phenoxy) is 1. The molecule has 1 aromatic carbocycles. The summed E-state index contributed by atoms with van der Waals surface area (Å²) < 4.78 is 6.99. The SMILES string of the molecule is CNC(=O)c1cc(C(=O)N[C@H]2[C@@H]3COC[C@@H]32)n(Cc2cccc3[nH]ccc23)n1. The Kier molecular flexibility index (Phi) is 3.94. The number of aromatic nitrogens is 3. The second-order valence-corrected chi connectivity index (χ2v) is 7.37. The summed E-state index contributed by atoms with van der Waals surface area (Å²) in [5.41, 5.74) is 2.66. The van der Waals surface area contributed by atoms with Crippen LogP contribution < -0.4 is 10.6 Å². The molecule has 1 saturated heterocycles. The summed E-state index contributed by atoms with van der Waals surface area (Å²) in [7, 11) is 1.55. The summed E-state index contributed by atoms with van der Waals surface area (Å²) in [6.07, 6.45) is 1.88. The molecule has 2 aliphatic rings. The van der Waals surface area contributed by atoms with Crippen molar-refractivity contribution in [3.63, 3.8) is 0 Å². The highest BCUT2D eigenvalue weighted by atomic mass is 16.5. The number of carbonyl (C=O) groups is 2. The Labute approximate surface area is 161 Å². The lowest BCUT2D eigenvalue weighted by Crippen LogP contribution is -2.31. The van der Waals surface area contributed by atoms with E-state index in [1.54, 1.807) is 17.8 Å². The molecule has 3 aromatic rings. The Morgan fingerprint density at radius 2 is 2.07 bits per heavy atom. The van der Waals surface area contributed by atoms with Gasteiger partial charge in [0.05, 0.1) is 19.8 Å². The first-order valence-electron chi connectivity index (χ1n) is 9.39. The van der Waals surface area contributed by atoms with Gasteiger partial charge in [-0.15, -0.1) is 0 Å². The smallest absolute Gasteiger partial charge is 0.271 e. The van der Waals surface area contributed by atoms with E-state index in [-0.39, 0.29) is 23.6 Å². The third kappa shape index (κ3) is 2.77. The lowest BCUT2D eigenvalue weighted by atomic mass is 10.1. The molecule has 0 spiro atoms. The Balaban J connectivity index is 1.45. The van der Waals surface area contributed by atoms with Crippen molar-refractivity contribution in [1.29, 1.82) is 0 Å². The number of aromatic amines is 1. The standard InChI is InChI=1S/C20H21N5O3/c1-21-19(26)16-7-17(20(27)23-18-13-9-28-10-14(13)18)25(24-16)8-11-3-2-4-15-12(11)5-6-22-15/h2-7,13-14,18,22H,8-10H2,1H3,(H,21,26)(H,23,27)/t13-,14+,18+. The molecule has 3 atom stereocenters. The number of hydrogen-bond acceptors (Lipinski definition) is 4. The minimum atomic E-state index is -0.315. The van der Waals surface area contributed by atoms with Gasteiger partial charge in [0, 0.05) is 48.1 Å². The molecule has 0 unspecified atom stereocenters. The zero-order valence-corrected chi connectivity index (χ0v) is 15.4. The summed E-state index contributed by atoms with van der Waals surface area (Å²) in [4.78, 5) is 28.2. The number of benzene rings is 1. The molecule has 3 heterocycles. The van der Waals surface area contributed by atoms with Gasteiger partial charge in [0.1, 0.15) is 5.69 Å². The van der Waals surface area contributed by atoms with Crippen LogP contribution in [-0.2, 0) is 11.3 Å². The van der Waals surface area contributed by atoms with Crippen LogP contribution in [-0.4, -0.2) is 52.9 Å². The normalized spacial score (nSPS) is 22.8. The van der Waals surface area contributed by atoms with Crippen molar-refractivity contribution in [2.75, 3.05) is 20.3 Å². The average molecular weight is 379 g/mol. The molecule has 1 saturated carbocycles. The molecule has 2 amide bonds. The maximum Gasteiger partial charge on any atom is 0.271 e. The summed E-state index contributed by atoms with van der Waals surface area (Å²) >= 11 is 0. The van der Waals surface area contributed by atoms with Gasteiger partial charge < -0.3 is 20.4 Å². The Hall–Kier alpha value is -3.13. The van der Waals surface area contributed by atoms with E-state index in [1.807, 2.05) is 30.5 Å². The summed E-state index contributed by atoms with van der Waals surface area (Å²) in [5, 5.41) is 11.1. The Bertz CT molecular complexity index is 1060. The van der Waals surface area contributed by atoms with Crippen LogP contribution in [0.5, 0.6) is 0 Å². The van der Waals surface area contributed by atoms with Crippen LogP contribution >= 0.6 is 0 Å². The summed E-state index contributed by atoms with van der Waals surface area (Å²) in [5.74, 6) is 0.298. The third-order valence-electron chi connectivity index (χ3n) is 5.73. The topological polar surface area (TPSA) is 101 Å². The highest BCUT2D eigenvalue weighted by Gasteiger charge is 2.54. The summed E-state index contributed by atoms with van der Waals surface area (Å²) in [6.45, 7) is 1.80. The van der Waals surface area contributed by atoms with E-state index >= 15 is 0 Å². The van der Waals surface area contributed by atoms with Gasteiger partial charge in [-0.2, -0.15) is 5.10 Å². The minimum absolute atomic E-state index is 0.154. The van der Waals surface area contributed by atoms with Crippen LogP contribution in [0.15, 0.2) is 36.5 Å². The van der Waals surface area contributed by atoms with E-state index in [2.05, 4.69) is 20.7 Å². The Morgan fingerprint density at radius 3 is 2.86 bits per heavy atom. The van der Waals surface area contributed by atoms with Crippen molar-refractivity contribution < 1.29 is 14.3 Å². The number of hydrogen-bond donors (Lipinski definition) is 3. The largest absolute Gasteiger partial charge is 0.381 e. The molecule has 28 heavy (non-hydrogen) atoms. The van der Waals surface area contributed by atoms with Gasteiger partial charge in [-0.3, -0.25) is 14.3 Å². The zero-order valence-electron chi connectivity index (χ0n) is 15.4. The summed E-state index contributed by atoms with van der Waals surface area (Å²) in [6, 6.07) is 9.67. The van der Waals surface area contributed by atoms with E-state index in [1.165, 1.54) is 0 Å². The molecule has 8 heteroatoms. The maximum atomic E-state index is 12.9. The molecule has 3 N–H and O–H groups in total. The fourth-order valence-corrected chi connectivity index (χ4v) is 4.09. The number of fused-ring (bicyclic) bond motifs is 2. The van der Waals surface area contributed by atoms with E-state index in [9.17, 15) is 9.59 Å². The molecule has 1 aliphatic heterocycles. The van der Waals surface area contributed by atoms with E-state index in [0.717, 1.165) is 16.5 Å². The van der Waals surface area contributed by atoms with Crippen LogP contribution in [0.1, 0.15) is 26.5 Å². The molecule has 1 aliphatic carbocycles. The highest BCUT2D eigenvalue weighted by Crippen LogP contribution is 2.44. The van der Waals surface area contributed by atoms with Crippen LogP contribution in [0.3, 0.4) is 0 Å². The predicted molar refractivity (Wildman–Crippen MR) is 102 cm³/mol. The quantitative estimate of drug-likeness (QED) is 0.619. The first-order valence-corrected chi connectivity index (χ1v) is 9.39. The van der Waals surface area contributed by atoms with Gasteiger partial charge in [0.15, 0.2) is 5.69 Å². The van der Waals surface area contributed by atoms with E-state index in [0.29, 0.717) is 37.3 Å². The number of nitrogens with zero attached hydrogens (tertiary/aromatic N) is 2. The van der Waals surface area contributed by atoms with Crippen molar-refractivity contribution in [3.8, 4) is 0 Å². The van der Waals surface area contributed by atoms with Gasteiger partial charge in [-0.25, -0.2) is 0 Å². The number of nitrogens with one attached hydrogen (secondary N) is 3. The van der Waals surface area contributed by atoms with Gasteiger partial charge in [0.2, 0.25) is 0 Å². The van der Waals surface area contributed by atoms with Crippen molar-refractivity contribution in [2.45, 2.75) is 12.6 Å². The number of amides is 2. The van der Waals surface area contributed by atoms with Gasteiger partial charge in [0.25, 0.3) is 11.8 Å². The number of carbonyl (C=O) groups excluding carboxylic acids is 2. The highest BCUT2D eigenvalue weighted by molar-refractivity contribution is 5.98. The molecule has 2 fully saturated rings. The van der Waals surface area contributed by atoms with Crippen molar-refractivity contribution >= 4 is 22.7 Å². The lowest BCUT2D eigenvalue weighted by molar-refractivity contribution is 0.0917. The van der Waals surface area contributed by atoms with Crippen molar-refractivity contribution in [3.05, 3.63) is 53.5 Å². The lowest BCUT2D eigenvalue weighted by Gasteiger charge is -2.10. The molecule has 2 aromatic heterocycles. The monoisotopic (exact) mass is 379 g/mol. The average Bonchev–Trinajstić information content (AvgIpc) is 3.22. The first-order chi connectivity index (χ1) is 13.7. The fourth-order valence-electron chi connectivity index (χ4n) is 4.09. The predicted octanol–water partition coefficient (Wildman–Crippen LogP) is 1.15. The first kappa shape index (κ1) is 17.0. The van der Waals surface area contributed by atoms with Gasteiger partial charge in [-0.1, -0.05) is 12.1 Å². The van der Waals surface area contributed by atoms with Crippen molar-refractivity contribution in [2.24, 2.45) is 11.8 Å². The second-order valence-electron chi connectivity index (χ2n) is 7.37. The molecule has 0 radical (unpaired) electrons. The van der Waals surface area contributed by atoms with E-state index in [4.69, 9.17) is 4.74 Å². The van der Waals surface area contributed by atoms with Gasteiger partial charge in [-0.05, 0) is 17.7 Å². The third-order valence-corrected chi connectivity index (χ3v) is 5.73. The zero-order chi connectivity index (χ0) is 19.3. The fraction of sp³-hybridized carbons (Fsp3) is 0.350. The van der Waals surface area contributed by atoms with Gasteiger partial charge >= 0.3 is 0 Å². The molecular weight excluding hydrogens is 358 g/mol. The second kappa shape index (κ2) is 6.49. The van der Waals surface area contributed by atoms with Crippen molar-refractivity contribution in [1.82, 2.24) is 25.4 Å². The Morgan fingerprint density at radius 1 is 1.25 bits per heavy atom. The van der Waals surface area contributed by atoms with Crippen LogP contribution in [0, 0.1) is 11.8 Å². The molecule has 144 valence electrons. The number of rotatable bonds is 5. The molecule has 0 bridgehead atoms. The van der Waals surface area contributed by atoms with Crippen LogP contribution in [0.25, 0.3) is 10.9 Å². The van der Waals surface area contributed by atoms with Crippen LogP contribution in [0.2, 0.25) is 0 Å². The molecular formula is C20H21N5O3. The molecule has 5 rings (SSSR count). The van der Waals surface area contributed by atoms with E-state index < -0.39 is 0 Å². The maximum absolute atomic E-state index is 12.9. The van der Waals surface area contributed by atoms with Crippen LogP contribution in [0.4, 0.5) is 0 Å². The number of H-pyrrole nitrogens is 1. The molecule has 8 nitrogen and oxygen atoms in total. The minimum Gasteiger partial charge on any atom is -0.381 e.